The molecule has 0 saturated carbocycles. The van der Waals surface area contributed by atoms with Gasteiger partial charge in [0, 0.05) is 23.7 Å². The van der Waals surface area contributed by atoms with Gasteiger partial charge in [0.05, 0.1) is 17.7 Å². The van der Waals surface area contributed by atoms with Crippen molar-refractivity contribution < 1.29 is 4.74 Å². The van der Waals surface area contributed by atoms with E-state index in [9.17, 15) is 0 Å². The van der Waals surface area contributed by atoms with Gasteiger partial charge in [-0.15, -0.1) is 0 Å². The Kier molecular flexibility index (Phi) is 4.22. The van der Waals surface area contributed by atoms with Crippen LogP contribution in [0.3, 0.4) is 0 Å². The molecule has 3 nitrogen and oxygen atoms in total. The molecule has 1 N–H and O–H groups in total. The highest BCUT2D eigenvalue weighted by molar-refractivity contribution is 5.79. The van der Waals surface area contributed by atoms with Gasteiger partial charge in [-0.3, -0.25) is 4.98 Å². The van der Waals surface area contributed by atoms with E-state index >= 15 is 0 Å². The van der Waals surface area contributed by atoms with Crippen LogP contribution in [-0.4, -0.2) is 23.2 Å². The van der Waals surface area contributed by atoms with Gasteiger partial charge in [0.1, 0.15) is 0 Å². The second-order valence-electron chi connectivity index (χ2n) is 6.29. The maximum absolute atomic E-state index is 5.79. The van der Waals surface area contributed by atoms with Gasteiger partial charge in [0.2, 0.25) is 0 Å². The largest absolute Gasteiger partial charge is 0.375 e. The van der Waals surface area contributed by atoms with Gasteiger partial charge in [-0.05, 0) is 57.4 Å². The molecule has 112 valence electrons. The van der Waals surface area contributed by atoms with Gasteiger partial charge in [-0.2, -0.15) is 0 Å². The fourth-order valence-electron chi connectivity index (χ4n) is 3.22. The van der Waals surface area contributed by atoms with Crippen molar-refractivity contribution in [3.05, 3.63) is 41.6 Å². The number of benzene rings is 1. The van der Waals surface area contributed by atoms with E-state index in [4.69, 9.17) is 4.74 Å². The van der Waals surface area contributed by atoms with Gasteiger partial charge in [-0.25, -0.2) is 0 Å². The van der Waals surface area contributed by atoms with E-state index in [0.717, 1.165) is 30.6 Å². The van der Waals surface area contributed by atoms with Crippen LogP contribution in [0.2, 0.25) is 0 Å². The molecule has 2 heterocycles. The van der Waals surface area contributed by atoms with E-state index in [1.165, 1.54) is 10.9 Å². The third-order valence-electron chi connectivity index (χ3n) is 4.19. The van der Waals surface area contributed by atoms with Crippen molar-refractivity contribution in [3.63, 3.8) is 0 Å². The lowest BCUT2D eigenvalue weighted by molar-refractivity contribution is -0.0422. The molecule has 1 aliphatic heterocycles. The molecule has 3 heteroatoms. The first kappa shape index (κ1) is 14.5. The van der Waals surface area contributed by atoms with E-state index < -0.39 is 0 Å². The van der Waals surface area contributed by atoms with E-state index in [-0.39, 0.29) is 0 Å². The molecule has 0 aliphatic carbocycles. The van der Waals surface area contributed by atoms with Crippen molar-refractivity contribution in [1.82, 2.24) is 10.3 Å². The molecule has 1 fully saturated rings. The SMILES string of the molecule is Cc1ccc2cc(CNC3C[C@@H](C)O[C@@H](C)C3)ccc2n1. The lowest BCUT2D eigenvalue weighted by atomic mass is 9.99. The van der Waals surface area contributed by atoms with Crippen LogP contribution in [0.1, 0.15) is 37.9 Å². The van der Waals surface area contributed by atoms with Crippen molar-refractivity contribution in [2.45, 2.75) is 58.4 Å². The summed E-state index contributed by atoms with van der Waals surface area (Å²) in [6.07, 6.45) is 2.90. The van der Waals surface area contributed by atoms with Gasteiger partial charge >= 0.3 is 0 Å². The van der Waals surface area contributed by atoms with Crippen molar-refractivity contribution in [2.24, 2.45) is 0 Å². The van der Waals surface area contributed by atoms with Crippen molar-refractivity contribution >= 4 is 10.9 Å². The number of pyridine rings is 1. The van der Waals surface area contributed by atoms with Crippen molar-refractivity contribution in [3.8, 4) is 0 Å². The third kappa shape index (κ3) is 3.60. The van der Waals surface area contributed by atoms with Crippen LogP contribution in [0.5, 0.6) is 0 Å². The molecule has 1 aromatic heterocycles. The molecule has 3 atom stereocenters. The second kappa shape index (κ2) is 6.12. The van der Waals surface area contributed by atoms with E-state index in [2.05, 4.69) is 54.5 Å². The lowest BCUT2D eigenvalue weighted by Crippen LogP contribution is -2.40. The highest BCUT2D eigenvalue weighted by Crippen LogP contribution is 2.20. The van der Waals surface area contributed by atoms with Gasteiger partial charge in [0.15, 0.2) is 0 Å². The van der Waals surface area contributed by atoms with Crippen LogP contribution in [0, 0.1) is 6.92 Å². The van der Waals surface area contributed by atoms with Gasteiger partial charge in [-0.1, -0.05) is 12.1 Å². The first-order valence-electron chi connectivity index (χ1n) is 7.85. The summed E-state index contributed by atoms with van der Waals surface area (Å²) in [6.45, 7) is 7.26. The minimum Gasteiger partial charge on any atom is -0.375 e. The number of fused-ring (bicyclic) bond motifs is 1. The zero-order chi connectivity index (χ0) is 14.8. The predicted molar refractivity (Wildman–Crippen MR) is 86.4 cm³/mol. The van der Waals surface area contributed by atoms with Gasteiger partial charge in [0.25, 0.3) is 0 Å². The van der Waals surface area contributed by atoms with Crippen LogP contribution < -0.4 is 5.32 Å². The summed E-state index contributed by atoms with van der Waals surface area (Å²) >= 11 is 0. The number of hydrogen-bond acceptors (Lipinski definition) is 3. The maximum Gasteiger partial charge on any atom is 0.0705 e. The average Bonchev–Trinajstić information content (AvgIpc) is 2.44. The number of nitrogens with one attached hydrogen (secondary N) is 1. The first-order chi connectivity index (χ1) is 10.1. The third-order valence-corrected chi connectivity index (χ3v) is 4.19. The van der Waals surface area contributed by atoms with E-state index in [0.29, 0.717) is 18.2 Å². The Labute approximate surface area is 126 Å². The maximum atomic E-state index is 5.79. The minimum atomic E-state index is 0.357. The Bertz CT molecular complexity index is 616. The Balaban J connectivity index is 1.66. The predicted octanol–water partition coefficient (Wildman–Crippen LogP) is 3.59. The van der Waals surface area contributed by atoms with Crippen molar-refractivity contribution in [1.29, 1.82) is 0 Å². The summed E-state index contributed by atoms with van der Waals surface area (Å²) in [5.41, 5.74) is 3.46. The summed E-state index contributed by atoms with van der Waals surface area (Å²) in [5, 5.41) is 4.89. The monoisotopic (exact) mass is 284 g/mol. The smallest absolute Gasteiger partial charge is 0.0705 e. The zero-order valence-electron chi connectivity index (χ0n) is 13.1. The Morgan fingerprint density at radius 3 is 2.67 bits per heavy atom. The number of hydrogen-bond donors (Lipinski definition) is 1. The Morgan fingerprint density at radius 1 is 1.14 bits per heavy atom. The highest BCUT2D eigenvalue weighted by Gasteiger charge is 2.23. The van der Waals surface area contributed by atoms with Crippen LogP contribution in [0.4, 0.5) is 0 Å². The van der Waals surface area contributed by atoms with E-state index in [1.807, 2.05) is 6.92 Å². The molecule has 1 unspecified atom stereocenters. The second-order valence-corrected chi connectivity index (χ2v) is 6.29. The molecule has 1 saturated heterocycles. The van der Waals surface area contributed by atoms with Crippen LogP contribution in [0.15, 0.2) is 30.3 Å². The number of nitrogens with zero attached hydrogens (tertiary/aromatic N) is 1. The quantitative estimate of drug-likeness (QED) is 0.935. The normalized spacial score (nSPS) is 26.1. The Hall–Kier alpha value is -1.45. The Morgan fingerprint density at radius 2 is 1.90 bits per heavy atom. The molecule has 21 heavy (non-hydrogen) atoms. The molecule has 0 spiro atoms. The number of ether oxygens (including phenoxy) is 1. The number of aromatic nitrogens is 1. The minimum absolute atomic E-state index is 0.357. The summed E-state index contributed by atoms with van der Waals surface area (Å²) in [5.74, 6) is 0. The lowest BCUT2D eigenvalue weighted by Gasteiger charge is -2.32. The fourth-order valence-corrected chi connectivity index (χ4v) is 3.22. The summed E-state index contributed by atoms with van der Waals surface area (Å²) in [4.78, 5) is 4.55. The summed E-state index contributed by atoms with van der Waals surface area (Å²) < 4.78 is 5.79. The molecule has 2 aromatic rings. The molecule has 0 amide bonds. The topological polar surface area (TPSA) is 34.1 Å². The van der Waals surface area contributed by atoms with Crippen LogP contribution >= 0.6 is 0 Å². The highest BCUT2D eigenvalue weighted by atomic mass is 16.5. The summed E-state index contributed by atoms with van der Waals surface area (Å²) in [7, 11) is 0. The van der Waals surface area contributed by atoms with E-state index in [1.54, 1.807) is 0 Å². The average molecular weight is 284 g/mol. The number of rotatable bonds is 3. The van der Waals surface area contributed by atoms with Crippen LogP contribution in [-0.2, 0) is 11.3 Å². The molecular weight excluding hydrogens is 260 g/mol. The molecule has 1 aromatic carbocycles. The molecule has 0 radical (unpaired) electrons. The van der Waals surface area contributed by atoms with Gasteiger partial charge < -0.3 is 10.1 Å². The summed E-state index contributed by atoms with van der Waals surface area (Å²) in [6, 6.07) is 11.3. The molecule has 3 rings (SSSR count). The fraction of sp³-hybridized carbons (Fsp3) is 0.500. The molecule has 0 bridgehead atoms. The first-order valence-corrected chi connectivity index (χ1v) is 7.85. The molecule has 1 aliphatic rings. The van der Waals surface area contributed by atoms with Crippen molar-refractivity contribution in [2.75, 3.05) is 0 Å². The van der Waals surface area contributed by atoms with Crippen LogP contribution in [0.25, 0.3) is 10.9 Å². The molecular formula is C18H24N2O. The zero-order valence-corrected chi connectivity index (χ0v) is 13.1. The number of aryl methyl sites for hydroxylation is 1. The standard InChI is InChI=1S/C18H24N2O/c1-12-4-6-16-10-15(5-7-18(16)20-12)11-19-17-8-13(2)21-14(3)9-17/h4-7,10,13-14,17,19H,8-9,11H2,1-3H3/t13-,14+,17?.